The molecule has 0 radical (unpaired) electrons. The summed E-state index contributed by atoms with van der Waals surface area (Å²) in [5, 5.41) is 11.9. The molecule has 0 aliphatic heterocycles. The number of nitrogens with one attached hydrogen (secondary N) is 2. The minimum absolute atomic E-state index is 0.0546. The molecule has 2 N–H and O–H groups in total. The Morgan fingerprint density at radius 2 is 2.04 bits per heavy atom. The maximum Gasteiger partial charge on any atom is 0.265 e. The molecule has 0 atom stereocenters. The minimum atomic E-state index is -3.80. The molecule has 4 aromatic rings. The first-order chi connectivity index (χ1) is 12.4. The SMILES string of the molecule is Cc1ccnc(-n2cc(S(=O)(=O)Nc3cccc4n[nH]c(C)c34)cn2)c1. The van der Waals surface area contributed by atoms with Gasteiger partial charge in [0.1, 0.15) is 4.90 Å². The number of sulfonamides is 1. The number of anilines is 1. The van der Waals surface area contributed by atoms with Crippen LogP contribution in [-0.4, -0.2) is 33.4 Å². The van der Waals surface area contributed by atoms with Crippen LogP contribution in [-0.2, 0) is 10.0 Å². The molecule has 0 aliphatic rings. The Labute approximate surface area is 149 Å². The number of H-pyrrole nitrogens is 1. The molecular weight excluding hydrogens is 352 g/mol. The highest BCUT2D eigenvalue weighted by Gasteiger charge is 2.19. The van der Waals surface area contributed by atoms with E-state index in [1.807, 2.05) is 32.0 Å². The van der Waals surface area contributed by atoms with Crippen LogP contribution in [0.3, 0.4) is 0 Å². The van der Waals surface area contributed by atoms with E-state index in [0.29, 0.717) is 17.0 Å². The predicted molar refractivity (Wildman–Crippen MR) is 97.7 cm³/mol. The predicted octanol–water partition coefficient (Wildman–Crippen LogP) is 2.56. The van der Waals surface area contributed by atoms with E-state index in [9.17, 15) is 8.42 Å². The Bertz CT molecular complexity index is 1210. The number of hydrogen-bond donors (Lipinski definition) is 2. The molecule has 0 bridgehead atoms. The normalized spacial score (nSPS) is 11.8. The van der Waals surface area contributed by atoms with E-state index in [-0.39, 0.29) is 4.90 Å². The van der Waals surface area contributed by atoms with Gasteiger partial charge in [0.05, 0.1) is 23.6 Å². The minimum Gasteiger partial charge on any atom is -0.282 e. The lowest BCUT2D eigenvalue weighted by atomic mass is 10.2. The van der Waals surface area contributed by atoms with E-state index < -0.39 is 10.0 Å². The average Bonchev–Trinajstić information content (AvgIpc) is 3.23. The van der Waals surface area contributed by atoms with Crippen molar-refractivity contribution in [1.82, 2.24) is 25.0 Å². The number of benzene rings is 1. The first-order valence-corrected chi connectivity index (χ1v) is 9.36. The molecule has 0 amide bonds. The Hall–Kier alpha value is -3.20. The molecule has 0 spiro atoms. The summed E-state index contributed by atoms with van der Waals surface area (Å²) in [5.74, 6) is 0.555. The quantitative estimate of drug-likeness (QED) is 0.576. The van der Waals surface area contributed by atoms with Crippen molar-refractivity contribution in [3.63, 3.8) is 0 Å². The van der Waals surface area contributed by atoms with E-state index in [1.165, 1.54) is 17.1 Å². The summed E-state index contributed by atoms with van der Waals surface area (Å²) in [6.07, 6.45) is 4.39. The summed E-state index contributed by atoms with van der Waals surface area (Å²) in [5.41, 5.74) is 2.96. The lowest BCUT2D eigenvalue weighted by Crippen LogP contribution is -2.12. The summed E-state index contributed by atoms with van der Waals surface area (Å²) < 4.78 is 29.6. The number of fused-ring (bicyclic) bond motifs is 1. The second-order valence-corrected chi connectivity index (χ2v) is 7.65. The molecule has 3 aromatic heterocycles. The fraction of sp³-hybridized carbons (Fsp3) is 0.118. The molecule has 3 heterocycles. The highest BCUT2D eigenvalue weighted by molar-refractivity contribution is 7.92. The lowest BCUT2D eigenvalue weighted by molar-refractivity contribution is 0.601. The van der Waals surface area contributed by atoms with Gasteiger partial charge in [-0.3, -0.25) is 9.82 Å². The number of nitrogens with zero attached hydrogens (tertiary/aromatic N) is 4. The van der Waals surface area contributed by atoms with Crippen molar-refractivity contribution in [2.24, 2.45) is 0 Å². The van der Waals surface area contributed by atoms with Gasteiger partial charge in [-0.2, -0.15) is 10.2 Å². The van der Waals surface area contributed by atoms with Crippen LogP contribution >= 0.6 is 0 Å². The van der Waals surface area contributed by atoms with Gasteiger partial charge < -0.3 is 0 Å². The highest BCUT2D eigenvalue weighted by Crippen LogP contribution is 2.27. The van der Waals surface area contributed by atoms with Gasteiger partial charge in [-0.1, -0.05) is 6.07 Å². The average molecular weight is 368 g/mol. The van der Waals surface area contributed by atoms with Crippen molar-refractivity contribution in [2.45, 2.75) is 18.7 Å². The number of aromatic amines is 1. The Morgan fingerprint density at radius 3 is 2.85 bits per heavy atom. The third kappa shape index (κ3) is 2.82. The summed E-state index contributed by atoms with van der Waals surface area (Å²) >= 11 is 0. The summed E-state index contributed by atoms with van der Waals surface area (Å²) in [7, 11) is -3.80. The maximum absolute atomic E-state index is 12.8. The highest BCUT2D eigenvalue weighted by atomic mass is 32.2. The third-order valence-corrected chi connectivity index (χ3v) is 5.33. The van der Waals surface area contributed by atoms with Gasteiger partial charge in [-0.25, -0.2) is 18.1 Å². The zero-order chi connectivity index (χ0) is 18.3. The van der Waals surface area contributed by atoms with Crippen LogP contribution in [0.4, 0.5) is 5.69 Å². The molecule has 0 unspecified atom stereocenters. The van der Waals surface area contributed by atoms with E-state index in [4.69, 9.17) is 0 Å². The largest absolute Gasteiger partial charge is 0.282 e. The van der Waals surface area contributed by atoms with Gasteiger partial charge in [0, 0.05) is 17.3 Å². The van der Waals surface area contributed by atoms with Gasteiger partial charge in [0.2, 0.25) is 0 Å². The van der Waals surface area contributed by atoms with Crippen LogP contribution in [0, 0.1) is 13.8 Å². The third-order valence-electron chi connectivity index (χ3n) is 4.01. The number of aryl methyl sites for hydroxylation is 2. The number of aromatic nitrogens is 5. The van der Waals surface area contributed by atoms with Crippen LogP contribution in [0.25, 0.3) is 16.7 Å². The van der Waals surface area contributed by atoms with Gasteiger partial charge in [-0.05, 0) is 43.7 Å². The van der Waals surface area contributed by atoms with Crippen LogP contribution in [0.15, 0.2) is 53.8 Å². The van der Waals surface area contributed by atoms with Crippen molar-refractivity contribution in [2.75, 3.05) is 4.72 Å². The molecule has 0 saturated heterocycles. The van der Waals surface area contributed by atoms with Crippen molar-refractivity contribution >= 4 is 26.6 Å². The molecule has 1 aromatic carbocycles. The van der Waals surface area contributed by atoms with Gasteiger partial charge in [0.25, 0.3) is 10.0 Å². The first kappa shape index (κ1) is 16.3. The molecule has 0 aliphatic carbocycles. The van der Waals surface area contributed by atoms with Gasteiger partial charge in [-0.15, -0.1) is 0 Å². The van der Waals surface area contributed by atoms with Gasteiger partial charge >= 0.3 is 0 Å². The molecule has 8 nitrogen and oxygen atoms in total. The fourth-order valence-corrected chi connectivity index (χ4v) is 3.73. The fourth-order valence-electron chi connectivity index (χ4n) is 2.73. The van der Waals surface area contributed by atoms with Crippen LogP contribution in [0.1, 0.15) is 11.3 Å². The standard InChI is InChI=1S/C17H16N6O2S/c1-11-6-7-18-16(8-11)23-10-13(9-19-23)26(24,25)22-15-5-3-4-14-17(15)12(2)20-21-14/h3-10,22H,1-2H3,(H,20,21). The Kier molecular flexibility index (Phi) is 3.73. The van der Waals surface area contributed by atoms with Crippen LogP contribution in [0.5, 0.6) is 0 Å². The second kappa shape index (κ2) is 5.95. The molecule has 132 valence electrons. The van der Waals surface area contributed by atoms with Crippen LogP contribution < -0.4 is 4.72 Å². The number of pyridine rings is 1. The van der Waals surface area contributed by atoms with E-state index >= 15 is 0 Å². The van der Waals surface area contributed by atoms with Crippen molar-refractivity contribution in [3.05, 3.63) is 60.2 Å². The number of hydrogen-bond acceptors (Lipinski definition) is 5. The van der Waals surface area contributed by atoms with Crippen molar-refractivity contribution in [3.8, 4) is 5.82 Å². The maximum atomic E-state index is 12.8. The first-order valence-electron chi connectivity index (χ1n) is 7.88. The van der Waals surface area contributed by atoms with E-state index in [1.54, 1.807) is 18.3 Å². The smallest absolute Gasteiger partial charge is 0.265 e. The zero-order valence-electron chi connectivity index (χ0n) is 14.1. The summed E-state index contributed by atoms with van der Waals surface area (Å²) in [6, 6.07) is 8.96. The van der Waals surface area contributed by atoms with Gasteiger partial charge in [0.15, 0.2) is 5.82 Å². The Morgan fingerprint density at radius 1 is 1.19 bits per heavy atom. The number of rotatable bonds is 4. The topological polar surface area (TPSA) is 106 Å². The zero-order valence-corrected chi connectivity index (χ0v) is 14.9. The summed E-state index contributed by atoms with van der Waals surface area (Å²) in [6.45, 7) is 3.77. The molecule has 26 heavy (non-hydrogen) atoms. The molecule has 0 saturated carbocycles. The molecular formula is C17H16N6O2S. The van der Waals surface area contributed by atoms with Crippen molar-refractivity contribution in [1.29, 1.82) is 0 Å². The monoisotopic (exact) mass is 368 g/mol. The molecule has 0 fully saturated rings. The van der Waals surface area contributed by atoms with Crippen molar-refractivity contribution < 1.29 is 8.42 Å². The summed E-state index contributed by atoms with van der Waals surface area (Å²) in [4.78, 5) is 4.26. The second-order valence-electron chi connectivity index (χ2n) is 5.97. The lowest BCUT2D eigenvalue weighted by Gasteiger charge is -2.07. The molecule has 4 rings (SSSR count). The van der Waals surface area contributed by atoms with E-state index in [0.717, 1.165) is 16.6 Å². The van der Waals surface area contributed by atoms with Crippen LogP contribution in [0.2, 0.25) is 0 Å². The molecule has 9 heteroatoms. The Balaban J connectivity index is 1.70. The van der Waals surface area contributed by atoms with E-state index in [2.05, 4.69) is 25.0 Å².